The van der Waals surface area contributed by atoms with E-state index in [4.69, 9.17) is 4.98 Å². The highest BCUT2D eigenvalue weighted by Gasteiger charge is 2.35. The molecule has 0 bridgehead atoms. The maximum atomic E-state index is 5.25. The van der Waals surface area contributed by atoms with Crippen LogP contribution in [-0.4, -0.2) is 41.0 Å². The summed E-state index contributed by atoms with van der Waals surface area (Å²) < 4.78 is 0. The topological polar surface area (TPSA) is 44.0 Å². The van der Waals surface area contributed by atoms with Gasteiger partial charge in [-0.1, -0.05) is 84.4 Å². The van der Waals surface area contributed by atoms with Gasteiger partial charge in [0, 0.05) is 43.4 Å². The zero-order valence-electron chi connectivity index (χ0n) is 19.5. The van der Waals surface area contributed by atoms with E-state index in [0.29, 0.717) is 0 Å². The molecule has 1 saturated heterocycles. The summed E-state index contributed by atoms with van der Waals surface area (Å²) in [5.74, 6) is 1.14. The number of piperazine rings is 1. The van der Waals surface area contributed by atoms with Crippen molar-refractivity contribution in [1.29, 1.82) is 0 Å². The smallest absolute Gasteiger partial charge is 0.137 e. The van der Waals surface area contributed by atoms with Crippen LogP contribution in [0.1, 0.15) is 40.0 Å². The average Bonchev–Trinajstić information content (AvgIpc) is 3.25. The number of aryl methyl sites for hydroxylation is 2. The summed E-state index contributed by atoms with van der Waals surface area (Å²) >= 11 is 0. The number of H-pyrrole nitrogens is 1. The van der Waals surface area contributed by atoms with Crippen LogP contribution in [0.3, 0.4) is 0 Å². The molecule has 1 aromatic heterocycles. The van der Waals surface area contributed by atoms with E-state index >= 15 is 0 Å². The van der Waals surface area contributed by atoms with Crippen molar-refractivity contribution in [3.05, 3.63) is 113 Å². The van der Waals surface area contributed by atoms with Gasteiger partial charge in [0.05, 0.1) is 11.7 Å². The molecule has 1 fully saturated rings. The van der Waals surface area contributed by atoms with Gasteiger partial charge < -0.3 is 10.3 Å². The largest absolute Gasteiger partial charge is 0.342 e. The lowest BCUT2D eigenvalue weighted by atomic mass is 9.82. The number of nitrogens with one attached hydrogen (secondary N) is 2. The van der Waals surface area contributed by atoms with Gasteiger partial charge in [-0.2, -0.15) is 0 Å². The molecule has 1 unspecified atom stereocenters. The predicted molar refractivity (Wildman–Crippen MR) is 135 cm³/mol. The number of hydrogen-bond acceptors (Lipinski definition) is 3. The van der Waals surface area contributed by atoms with E-state index in [9.17, 15) is 0 Å². The molecule has 0 radical (unpaired) electrons. The van der Waals surface area contributed by atoms with E-state index < -0.39 is 0 Å². The molecule has 1 aliphatic heterocycles. The van der Waals surface area contributed by atoms with Crippen LogP contribution in [0.5, 0.6) is 0 Å². The number of rotatable bonds is 6. The third-order valence-corrected chi connectivity index (χ3v) is 6.67. The quantitative estimate of drug-likeness (QED) is 0.421. The molecule has 0 saturated carbocycles. The van der Waals surface area contributed by atoms with Crippen molar-refractivity contribution in [1.82, 2.24) is 20.2 Å². The minimum absolute atomic E-state index is 0.145. The molecule has 2 N–H and O–H groups in total. The van der Waals surface area contributed by atoms with E-state index in [2.05, 4.69) is 114 Å². The zero-order chi connectivity index (χ0) is 22.6. The highest BCUT2D eigenvalue weighted by atomic mass is 15.2. The molecule has 4 nitrogen and oxygen atoms in total. The van der Waals surface area contributed by atoms with Crippen LogP contribution in [0.4, 0.5) is 0 Å². The van der Waals surface area contributed by atoms with Gasteiger partial charge in [0.2, 0.25) is 0 Å². The molecule has 0 spiro atoms. The first-order valence-electron chi connectivity index (χ1n) is 11.9. The molecule has 4 heteroatoms. The molecular formula is C29H32N4. The molecule has 33 heavy (non-hydrogen) atoms. The predicted octanol–water partition coefficient (Wildman–Crippen LogP) is 5.47. The highest BCUT2D eigenvalue weighted by molar-refractivity contribution is 5.57. The van der Waals surface area contributed by atoms with E-state index in [0.717, 1.165) is 49.0 Å². The fourth-order valence-electron chi connectivity index (χ4n) is 5.07. The van der Waals surface area contributed by atoms with Crippen molar-refractivity contribution < 1.29 is 0 Å². The van der Waals surface area contributed by atoms with Crippen LogP contribution in [0, 0.1) is 13.8 Å². The molecular weight excluding hydrogens is 404 g/mol. The molecule has 168 valence electrons. The fourth-order valence-corrected chi connectivity index (χ4v) is 5.07. The maximum absolute atomic E-state index is 5.25. The molecule has 1 aliphatic rings. The van der Waals surface area contributed by atoms with Crippen LogP contribution in [0.25, 0.3) is 11.4 Å². The number of aromatic nitrogens is 2. The van der Waals surface area contributed by atoms with Gasteiger partial charge in [0.25, 0.3) is 0 Å². The van der Waals surface area contributed by atoms with Crippen molar-refractivity contribution in [3.63, 3.8) is 0 Å². The Kier molecular flexibility index (Phi) is 6.38. The highest BCUT2D eigenvalue weighted by Crippen LogP contribution is 2.42. The second kappa shape index (κ2) is 9.74. The number of aromatic amines is 1. The van der Waals surface area contributed by atoms with Crippen LogP contribution in [0.2, 0.25) is 0 Å². The van der Waals surface area contributed by atoms with Crippen molar-refractivity contribution in [2.75, 3.05) is 26.2 Å². The average molecular weight is 437 g/mol. The first-order chi connectivity index (χ1) is 16.2. The normalized spacial score (nSPS) is 15.6. The molecule has 0 aliphatic carbocycles. The molecule has 2 heterocycles. The number of nitrogens with zero attached hydrogens (tertiary/aromatic N) is 2. The number of hydrogen-bond donors (Lipinski definition) is 2. The first kappa shape index (κ1) is 21.6. The van der Waals surface area contributed by atoms with Crippen molar-refractivity contribution in [3.8, 4) is 11.4 Å². The molecule has 5 rings (SSSR count). The van der Waals surface area contributed by atoms with Crippen molar-refractivity contribution >= 4 is 0 Å². The number of imidazole rings is 1. The summed E-state index contributed by atoms with van der Waals surface area (Å²) in [5.41, 5.74) is 7.32. The standard InChI is InChI=1S/C29H32N4/c1-21-10-9-15-25(20-21)29-31-22(2)27(32-29)28(33-18-16-30-17-19-33)26(23-11-5-3-6-12-23)24-13-7-4-8-14-24/h3-15,20,26,28,30H,16-19H2,1-2H3,(H,31,32). The lowest BCUT2D eigenvalue weighted by Gasteiger charge is -2.39. The maximum Gasteiger partial charge on any atom is 0.137 e. The summed E-state index contributed by atoms with van der Waals surface area (Å²) in [6, 6.07) is 30.6. The molecule has 4 aromatic rings. The lowest BCUT2D eigenvalue weighted by Crippen LogP contribution is -2.47. The summed E-state index contributed by atoms with van der Waals surface area (Å²) in [4.78, 5) is 11.5. The van der Waals surface area contributed by atoms with Crippen LogP contribution >= 0.6 is 0 Å². The van der Waals surface area contributed by atoms with E-state index in [1.807, 2.05) is 0 Å². The Labute approximate surface area is 196 Å². The Bertz CT molecular complexity index is 1140. The molecule has 0 amide bonds. The van der Waals surface area contributed by atoms with Gasteiger partial charge in [0.15, 0.2) is 0 Å². The summed E-state index contributed by atoms with van der Waals surface area (Å²) in [7, 11) is 0. The molecule has 3 aromatic carbocycles. The van der Waals surface area contributed by atoms with Gasteiger partial charge in [-0.3, -0.25) is 4.90 Å². The Morgan fingerprint density at radius 1 is 0.788 bits per heavy atom. The SMILES string of the molecule is Cc1cccc(-c2nc(C(C(c3ccccc3)c3ccccc3)N3CCNCC3)c(C)[nH]2)c1. The third kappa shape index (κ3) is 4.63. The third-order valence-electron chi connectivity index (χ3n) is 6.67. The Morgan fingerprint density at radius 2 is 1.42 bits per heavy atom. The Hall–Kier alpha value is -3.21. The Morgan fingerprint density at radius 3 is 2.03 bits per heavy atom. The second-order valence-corrected chi connectivity index (χ2v) is 8.99. The molecule has 1 atom stereocenters. The van der Waals surface area contributed by atoms with Gasteiger partial charge >= 0.3 is 0 Å². The minimum Gasteiger partial charge on any atom is -0.342 e. The van der Waals surface area contributed by atoms with Crippen molar-refractivity contribution in [2.24, 2.45) is 0 Å². The zero-order valence-corrected chi connectivity index (χ0v) is 19.5. The van der Waals surface area contributed by atoms with E-state index in [1.165, 1.54) is 16.7 Å². The van der Waals surface area contributed by atoms with Crippen molar-refractivity contribution in [2.45, 2.75) is 25.8 Å². The summed E-state index contributed by atoms with van der Waals surface area (Å²) in [5, 5.41) is 3.52. The summed E-state index contributed by atoms with van der Waals surface area (Å²) in [6.45, 7) is 8.32. The first-order valence-corrected chi connectivity index (χ1v) is 11.9. The van der Waals surface area contributed by atoms with Crippen LogP contribution in [-0.2, 0) is 0 Å². The van der Waals surface area contributed by atoms with Crippen LogP contribution in [0.15, 0.2) is 84.9 Å². The number of benzene rings is 3. The minimum atomic E-state index is 0.145. The Balaban J connectivity index is 1.66. The van der Waals surface area contributed by atoms with Gasteiger partial charge in [0.1, 0.15) is 5.82 Å². The van der Waals surface area contributed by atoms with Crippen LogP contribution < -0.4 is 5.32 Å². The monoisotopic (exact) mass is 436 g/mol. The van der Waals surface area contributed by atoms with E-state index in [1.54, 1.807) is 0 Å². The van der Waals surface area contributed by atoms with Gasteiger partial charge in [-0.15, -0.1) is 0 Å². The van der Waals surface area contributed by atoms with Gasteiger partial charge in [-0.05, 0) is 31.0 Å². The fraction of sp³-hybridized carbons (Fsp3) is 0.276. The van der Waals surface area contributed by atoms with Gasteiger partial charge in [-0.25, -0.2) is 4.98 Å². The summed E-state index contributed by atoms with van der Waals surface area (Å²) in [6.07, 6.45) is 0. The van der Waals surface area contributed by atoms with E-state index in [-0.39, 0.29) is 12.0 Å². The second-order valence-electron chi connectivity index (χ2n) is 8.99. The lowest BCUT2D eigenvalue weighted by molar-refractivity contribution is 0.156.